The number of Topliss-reactive ketones (excluding diaryl/α,β-unsaturated/α-hetero) is 1. The Morgan fingerprint density at radius 3 is 2.67 bits per heavy atom. The number of hydrogen-bond acceptors (Lipinski definition) is 5. The first-order valence-corrected chi connectivity index (χ1v) is 11.1. The van der Waals surface area contributed by atoms with E-state index in [4.69, 9.17) is 21.2 Å². The van der Waals surface area contributed by atoms with E-state index in [1.54, 1.807) is 0 Å². The zero-order valence-corrected chi connectivity index (χ0v) is 18.2. The minimum Gasteiger partial charge on any atom is -0.457 e. The van der Waals surface area contributed by atoms with E-state index in [0.29, 0.717) is 6.54 Å². The topological polar surface area (TPSA) is 60.2 Å². The molecule has 3 heterocycles. The maximum atomic E-state index is 11.7. The van der Waals surface area contributed by atoms with Gasteiger partial charge in [-0.2, -0.15) is 5.10 Å². The fraction of sp³-hybridized carbons (Fsp3) is 0.222. The lowest BCUT2D eigenvalue weighted by Crippen LogP contribution is -2.39. The second-order valence-corrected chi connectivity index (χ2v) is 8.22. The molecule has 0 amide bonds. The molecule has 1 saturated heterocycles. The molecule has 2 aromatic carbocycles. The van der Waals surface area contributed by atoms with Crippen molar-refractivity contribution in [2.24, 2.45) is 0 Å². The van der Waals surface area contributed by atoms with Crippen LogP contribution in [0, 0.1) is 12.3 Å². The monoisotopic (exact) mass is 436 g/mol. The van der Waals surface area contributed by atoms with Crippen molar-refractivity contribution < 1.29 is 9.53 Å². The van der Waals surface area contributed by atoms with Crippen LogP contribution in [0.4, 0.5) is 0 Å². The number of likely N-dealkylation sites (tertiary alicyclic amines) is 1. The van der Waals surface area contributed by atoms with E-state index < -0.39 is 0 Å². The Hall–Kier alpha value is -3.95. The molecule has 0 spiro atoms. The van der Waals surface area contributed by atoms with Gasteiger partial charge in [0.05, 0.1) is 30.0 Å². The molecule has 6 nitrogen and oxygen atoms in total. The van der Waals surface area contributed by atoms with Crippen molar-refractivity contribution in [2.45, 2.75) is 18.9 Å². The first-order valence-electron chi connectivity index (χ1n) is 11.1. The number of fused-ring (bicyclic) bond motifs is 1. The average Bonchev–Trinajstić information content (AvgIpc) is 3.30. The molecular formula is C27H24N4O2. The summed E-state index contributed by atoms with van der Waals surface area (Å²) in [5, 5.41) is 5.76. The summed E-state index contributed by atoms with van der Waals surface area (Å²) in [6.07, 6.45) is 11.0. The minimum atomic E-state index is -0.179. The number of ketones is 1. The molecule has 1 atom stereocenters. The lowest BCUT2D eigenvalue weighted by molar-refractivity contribution is -0.115. The van der Waals surface area contributed by atoms with E-state index in [0.717, 1.165) is 59.6 Å². The van der Waals surface area contributed by atoms with E-state index >= 15 is 0 Å². The average molecular weight is 437 g/mol. The van der Waals surface area contributed by atoms with Crippen LogP contribution in [0.5, 0.6) is 11.5 Å². The Morgan fingerprint density at radius 2 is 1.88 bits per heavy atom. The zero-order chi connectivity index (χ0) is 22.6. The van der Waals surface area contributed by atoms with Crippen molar-refractivity contribution in [3.05, 3.63) is 73.1 Å². The molecule has 1 aliphatic rings. The Kier molecular flexibility index (Phi) is 5.88. The zero-order valence-electron chi connectivity index (χ0n) is 18.2. The number of carbonyl (C=O) groups excluding carboxylic acids is 1. The Bertz CT molecular complexity index is 1310. The van der Waals surface area contributed by atoms with Crippen molar-refractivity contribution in [3.63, 3.8) is 0 Å². The lowest BCUT2D eigenvalue weighted by atomic mass is 10.0. The summed E-state index contributed by atoms with van der Waals surface area (Å²) >= 11 is 0. The first-order chi connectivity index (χ1) is 16.2. The van der Waals surface area contributed by atoms with Crippen molar-refractivity contribution in [2.75, 3.05) is 19.6 Å². The standard InChI is InChI=1S/C27H24N4O2/c1-2-23(32)19-30-16-6-7-22(18-30)31-27-21(17-29-31)14-15-28-26(27)20-10-12-25(13-11-20)33-24-8-4-3-5-9-24/h1,3-5,8-15,17,22H,6-7,16,18-19H2. The molecule has 1 aliphatic heterocycles. The van der Waals surface area contributed by atoms with E-state index in [9.17, 15) is 4.79 Å². The molecule has 33 heavy (non-hydrogen) atoms. The van der Waals surface area contributed by atoms with Gasteiger partial charge in [0.15, 0.2) is 0 Å². The summed E-state index contributed by atoms with van der Waals surface area (Å²) < 4.78 is 8.00. The smallest absolute Gasteiger partial charge is 0.219 e. The van der Waals surface area contributed by atoms with Gasteiger partial charge in [-0.25, -0.2) is 0 Å². The molecule has 1 unspecified atom stereocenters. The van der Waals surface area contributed by atoms with Crippen LogP contribution < -0.4 is 4.74 Å². The summed E-state index contributed by atoms with van der Waals surface area (Å²) in [4.78, 5) is 18.6. The van der Waals surface area contributed by atoms with Crippen LogP contribution in [0.2, 0.25) is 0 Å². The Balaban J connectivity index is 1.43. The minimum absolute atomic E-state index is 0.158. The van der Waals surface area contributed by atoms with Crippen LogP contribution in [-0.4, -0.2) is 45.1 Å². The second-order valence-electron chi connectivity index (χ2n) is 8.22. The molecule has 2 aromatic heterocycles. The van der Waals surface area contributed by atoms with Crippen LogP contribution in [0.3, 0.4) is 0 Å². The van der Waals surface area contributed by atoms with Gasteiger partial charge in [-0.1, -0.05) is 18.2 Å². The first kappa shape index (κ1) is 20.9. The number of nitrogens with zero attached hydrogens (tertiary/aromatic N) is 4. The second kappa shape index (κ2) is 9.27. The van der Waals surface area contributed by atoms with Gasteiger partial charge in [0.25, 0.3) is 0 Å². The van der Waals surface area contributed by atoms with Crippen molar-refractivity contribution in [1.82, 2.24) is 19.7 Å². The highest BCUT2D eigenvalue weighted by Gasteiger charge is 2.25. The number of rotatable bonds is 6. The molecule has 6 heteroatoms. The molecule has 0 aliphatic carbocycles. The van der Waals surface area contributed by atoms with Gasteiger partial charge in [-0.3, -0.25) is 19.4 Å². The highest BCUT2D eigenvalue weighted by atomic mass is 16.5. The van der Waals surface area contributed by atoms with Crippen LogP contribution in [0.25, 0.3) is 22.2 Å². The fourth-order valence-electron chi connectivity index (χ4n) is 4.41. The molecule has 0 saturated carbocycles. The molecule has 5 rings (SSSR count). The number of ether oxygens (including phenoxy) is 1. The number of carbonyl (C=O) groups is 1. The normalized spacial score (nSPS) is 16.4. The predicted molar refractivity (Wildman–Crippen MR) is 128 cm³/mol. The van der Waals surface area contributed by atoms with Crippen molar-refractivity contribution in [3.8, 4) is 35.1 Å². The SMILES string of the molecule is C#CC(=O)CN1CCCC(n2ncc3ccnc(-c4ccc(Oc5ccccc5)cc4)c32)C1. The number of aromatic nitrogens is 3. The number of para-hydroxylation sites is 1. The molecule has 4 aromatic rings. The third-order valence-electron chi connectivity index (χ3n) is 5.97. The molecule has 0 bridgehead atoms. The van der Waals surface area contributed by atoms with Gasteiger partial charge in [-0.15, -0.1) is 6.42 Å². The van der Waals surface area contributed by atoms with Crippen molar-refractivity contribution in [1.29, 1.82) is 0 Å². The maximum Gasteiger partial charge on any atom is 0.219 e. The van der Waals surface area contributed by atoms with Gasteiger partial charge in [-0.05, 0) is 67.8 Å². The quantitative estimate of drug-likeness (QED) is 0.323. The summed E-state index contributed by atoms with van der Waals surface area (Å²) in [7, 11) is 0. The molecule has 0 N–H and O–H groups in total. The molecule has 0 radical (unpaired) electrons. The maximum absolute atomic E-state index is 11.7. The summed E-state index contributed by atoms with van der Waals surface area (Å²) in [6.45, 7) is 1.90. The highest BCUT2D eigenvalue weighted by Crippen LogP contribution is 2.32. The van der Waals surface area contributed by atoms with Gasteiger partial charge in [0.1, 0.15) is 11.5 Å². The third-order valence-corrected chi connectivity index (χ3v) is 5.97. The number of piperidine rings is 1. The largest absolute Gasteiger partial charge is 0.457 e. The molecule has 1 fully saturated rings. The van der Waals surface area contributed by atoms with E-state index in [2.05, 4.69) is 15.5 Å². The van der Waals surface area contributed by atoms with Crippen LogP contribution in [-0.2, 0) is 4.79 Å². The van der Waals surface area contributed by atoms with Crippen LogP contribution in [0.1, 0.15) is 18.9 Å². The van der Waals surface area contributed by atoms with Crippen LogP contribution >= 0.6 is 0 Å². The van der Waals surface area contributed by atoms with E-state index in [-0.39, 0.29) is 11.8 Å². The lowest BCUT2D eigenvalue weighted by Gasteiger charge is -2.32. The molecule has 164 valence electrons. The number of terminal acetylenes is 1. The number of benzene rings is 2. The van der Waals surface area contributed by atoms with Gasteiger partial charge in [0.2, 0.25) is 5.78 Å². The third kappa shape index (κ3) is 4.50. The summed E-state index contributed by atoms with van der Waals surface area (Å²) in [6, 6.07) is 19.8. The number of hydrogen-bond donors (Lipinski definition) is 0. The number of pyridine rings is 1. The summed E-state index contributed by atoms with van der Waals surface area (Å²) in [5.41, 5.74) is 2.88. The summed E-state index contributed by atoms with van der Waals surface area (Å²) in [5.74, 6) is 3.61. The highest BCUT2D eigenvalue weighted by molar-refractivity contribution is 5.96. The van der Waals surface area contributed by atoms with E-state index in [1.165, 1.54) is 0 Å². The van der Waals surface area contributed by atoms with Crippen LogP contribution in [0.15, 0.2) is 73.1 Å². The van der Waals surface area contributed by atoms with Gasteiger partial charge >= 0.3 is 0 Å². The van der Waals surface area contributed by atoms with E-state index in [1.807, 2.05) is 73.1 Å². The Labute approximate surface area is 192 Å². The molecular weight excluding hydrogens is 412 g/mol. The van der Waals surface area contributed by atoms with Crippen molar-refractivity contribution >= 4 is 16.7 Å². The predicted octanol–water partition coefficient (Wildman–Crippen LogP) is 4.73. The Morgan fingerprint density at radius 1 is 1.09 bits per heavy atom. The fourth-order valence-corrected chi connectivity index (χ4v) is 4.41. The van der Waals surface area contributed by atoms with Gasteiger partial charge in [0, 0.05) is 23.7 Å². The van der Waals surface area contributed by atoms with Gasteiger partial charge < -0.3 is 4.74 Å².